The Kier molecular flexibility index (Phi) is 5.81. The summed E-state index contributed by atoms with van der Waals surface area (Å²) in [6, 6.07) is 49.6. The van der Waals surface area contributed by atoms with Crippen LogP contribution in [0.5, 0.6) is 0 Å². The fourth-order valence-electron chi connectivity index (χ4n) is 4.97. The van der Waals surface area contributed by atoms with E-state index in [0.717, 1.165) is 10.6 Å². The summed E-state index contributed by atoms with van der Waals surface area (Å²) in [5.74, 6) is 0. The predicted octanol–water partition coefficient (Wildman–Crippen LogP) is 7.18. The van der Waals surface area contributed by atoms with Crippen molar-refractivity contribution in [3.8, 4) is 0 Å². The van der Waals surface area contributed by atoms with E-state index in [1.807, 2.05) is 11.3 Å². The fourth-order valence-corrected chi connectivity index (χ4v) is 15.0. The second-order valence-electron chi connectivity index (χ2n) is 8.68. The van der Waals surface area contributed by atoms with Gasteiger partial charge in [-0.2, -0.15) is 0 Å². The van der Waals surface area contributed by atoms with Crippen LogP contribution in [0.25, 0.3) is 20.2 Å². The third kappa shape index (κ3) is 3.89. The summed E-state index contributed by atoms with van der Waals surface area (Å²) in [5.41, 5.74) is 2.86. The van der Waals surface area contributed by atoms with Gasteiger partial charge >= 0.3 is 209 Å². The first-order chi connectivity index (χ1) is 16.8. The molecule has 166 valence electrons. The summed E-state index contributed by atoms with van der Waals surface area (Å²) in [4.78, 5) is 0. The Hall–Kier alpha value is -3.16. The molecule has 2 heteroatoms. The molecule has 0 N–H and O–H groups in total. The van der Waals surface area contributed by atoms with Gasteiger partial charge in [0.25, 0.3) is 0 Å². The molecule has 0 bridgehead atoms. The van der Waals surface area contributed by atoms with E-state index in [2.05, 4.69) is 133 Å². The fraction of sp³-hybridized carbons (Fsp3) is 0.0625. The topological polar surface area (TPSA) is 0 Å². The van der Waals surface area contributed by atoms with E-state index in [1.165, 1.54) is 35.8 Å². The first-order valence-corrected chi connectivity index (χ1v) is 16.6. The molecule has 0 aliphatic rings. The van der Waals surface area contributed by atoms with Gasteiger partial charge in [-0.1, -0.05) is 0 Å². The molecular weight excluding hydrogens is 495 g/mol. The van der Waals surface area contributed by atoms with Gasteiger partial charge in [-0.05, 0) is 0 Å². The molecule has 0 fully saturated rings. The molecule has 34 heavy (non-hydrogen) atoms. The van der Waals surface area contributed by atoms with Gasteiger partial charge in [-0.15, -0.1) is 0 Å². The van der Waals surface area contributed by atoms with Gasteiger partial charge in [0.05, 0.1) is 0 Å². The predicted molar refractivity (Wildman–Crippen MR) is 151 cm³/mol. The Morgan fingerprint density at radius 3 is 1.65 bits per heavy atom. The van der Waals surface area contributed by atoms with Crippen molar-refractivity contribution in [1.29, 1.82) is 0 Å². The first kappa shape index (κ1) is 21.4. The first-order valence-electron chi connectivity index (χ1n) is 11.7. The maximum absolute atomic E-state index is 2.53. The molecule has 0 saturated heterocycles. The van der Waals surface area contributed by atoms with E-state index in [1.54, 1.807) is 4.46 Å². The number of rotatable bonds is 6. The SMILES string of the molecule is c1ccc(C[Se](Cc2ccccc2)(c2ccccc2)c2cccc3sc4ccccc4c23)cc1. The van der Waals surface area contributed by atoms with Crippen molar-refractivity contribution in [2.24, 2.45) is 0 Å². The Balaban J connectivity index is 1.69. The van der Waals surface area contributed by atoms with Crippen LogP contribution in [0.3, 0.4) is 0 Å². The third-order valence-electron chi connectivity index (χ3n) is 6.49. The second-order valence-corrected chi connectivity index (χ2v) is 16.6. The van der Waals surface area contributed by atoms with Crippen LogP contribution in [0.2, 0.25) is 0 Å². The van der Waals surface area contributed by atoms with Gasteiger partial charge in [-0.3, -0.25) is 0 Å². The molecule has 0 unspecified atom stereocenters. The van der Waals surface area contributed by atoms with Crippen molar-refractivity contribution >= 4 is 53.3 Å². The monoisotopic (exact) mass is 522 g/mol. The summed E-state index contributed by atoms with van der Waals surface area (Å²) in [6.07, 6.45) is 0. The molecule has 1 aromatic heterocycles. The molecule has 5 aromatic carbocycles. The molecule has 0 radical (unpaired) electrons. The van der Waals surface area contributed by atoms with Crippen LogP contribution in [0, 0.1) is 0 Å². The maximum atomic E-state index is 2.44. The Labute approximate surface area is 207 Å². The van der Waals surface area contributed by atoms with Crippen molar-refractivity contribution in [1.82, 2.24) is 0 Å². The molecule has 0 aliphatic heterocycles. The van der Waals surface area contributed by atoms with Crippen molar-refractivity contribution in [3.63, 3.8) is 0 Å². The minimum absolute atomic E-state index is 1.10. The average Bonchev–Trinajstić information content (AvgIpc) is 3.29. The van der Waals surface area contributed by atoms with E-state index in [9.17, 15) is 0 Å². The summed E-state index contributed by atoms with van der Waals surface area (Å²) in [5, 5.41) is 5.06. The Morgan fingerprint density at radius 1 is 0.471 bits per heavy atom. The molecule has 0 atom stereocenters. The third-order valence-corrected chi connectivity index (χ3v) is 16.0. The normalized spacial score (nSPS) is 12.2. The summed E-state index contributed by atoms with van der Waals surface area (Å²) in [6.45, 7) is 0. The Morgan fingerprint density at radius 2 is 1.00 bits per heavy atom. The average molecular weight is 522 g/mol. The standard InChI is InChI=1S/C32H26SSe/c1-4-13-25(14-5-1)23-34(27-17-8-3-9-18-27,24-26-15-6-2-7-16-26)31-22-12-21-30-32(31)28-19-10-11-20-29(28)33-30/h1-22H,23-24H2. The summed E-state index contributed by atoms with van der Waals surface area (Å²) < 4.78 is 5.87. The van der Waals surface area contributed by atoms with Crippen LogP contribution < -0.4 is 8.92 Å². The molecule has 0 spiro atoms. The quantitative estimate of drug-likeness (QED) is 0.204. The van der Waals surface area contributed by atoms with Gasteiger partial charge in [0.15, 0.2) is 0 Å². The zero-order chi connectivity index (χ0) is 22.8. The van der Waals surface area contributed by atoms with Crippen LogP contribution in [0.4, 0.5) is 0 Å². The van der Waals surface area contributed by atoms with Crippen LogP contribution in [0.15, 0.2) is 133 Å². The van der Waals surface area contributed by atoms with E-state index in [0.29, 0.717) is 0 Å². The van der Waals surface area contributed by atoms with Crippen molar-refractivity contribution in [2.75, 3.05) is 0 Å². The van der Waals surface area contributed by atoms with Gasteiger partial charge in [0.2, 0.25) is 0 Å². The molecule has 6 aromatic rings. The number of hydrogen-bond donors (Lipinski definition) is 0. The van der Waals surface area contributed by atoms with Crippen LogP contribution in [-0.4, -0.2) is 12.8 Å². The van der Waals surface area contributed by atoms with E-state index in [4.69, 9.17) is 0 Å². The van der Waals surface area contributed by atoms with Gasteiger partial charge in [0, 0.05) is 0 Å². The number of hydrogen-bond acceptors (Lipinski definition) is 1. The zero-order valence-electron chi connectivity index (χ0n) is 18.9. The van der Waals surface area contributed by atoms with E-state index in [-0.39, 0.29) is 0 Å². The second kappa shape index (κ2) is 9.24. The minimum atomic E-state index is -2.53. The van der Waals surface area contributed by atoms with Gasteiger partial charge in [0.1, 0.15) is 0 Å². The van der Waals surface area contributed by atoms with Gasteiger partial charge in [-0.25, -0.2) is 0 Å². The molecule has 0 amide bonds. The number of fused-ring (bicyclic) bond motifs is 3. The Bertz CT molecular complexity index is 1490. The van der Waals surface area contributed by atoms with E-state index < -0.39 is 12.8 Å². The molecular formula is C32H26SSe. The van der Waals surface area contributed by atoms with Gasteiger partial charge < -0.3 is 0 Å². The van der Waals surface area contributed by atoms with Crippen molar-refractivity contribution < 1.29 is 0 Å². The van der Waals surface area contributed by atoms with Crippen LogP contribution in [-0.2, 0) is 10.6 Å². The van der Waals surface area contributed by atoms with Crippen molar-refractivity contribution in [3.05, 3.63) is 145 Å². The molecule has 0 aliphatic carbocycles. The molecule has 1 heterocycles. The van der Waals surface area contributed by atoms with Crippen LogP contribution >= 0.6 is 11.3 Å². The zero-order valence-corrected chi connectivity index (χ0v) is 21.5. The molecule has 0 nitrogen and oxygen atoms in total. The molecule has 0 saturated carbocycles. The summed E-state index contributed by atoms with van der Waals surface area (Å²) in [7, 11) is 0. The van der Waals surface area contributed by atoms with E-state index >= 15 is 0 Å². The van der Waals surface area contributed by atoms with Crippen molar-refractivity contribution in [2.45, 2.75) is 10.6 Å². The number of benzene rings is 5. The molecule has 6 rings (SSSR count). The summed E-state index contributed by atoms with van der Waals surface area (Å²) >= 11 is -0.602. The number of thiophene rings is 1. The van der Waals surface area contributed by atoms with Crippen LogP contribution in [0.1, 0.15) is 11.1 Å².